The molecule has 8 nitrogen and oxygen atoms in total. The lowest BCUT2D eigenvalue weighted by Gasteiger charge is -2.33. The molecule has 154 valence electrons. The molecule has 1 fully saturated rings. The third-order valence-electron chi connectivity index (χ3n) is 6.17. The van der Waals surface area contributed by atoms with E-state index in [0.717, 1.165) is 67.7 Å². The van der Waals surface area contributed by atoms with Gasteiger partial charge in [0.2, 0.25) is 0 Å². The number of nitriles is 1. The van der Waals surface area contributed by atoms with Crippen LogP contribution in [0.2, 0.25) is 0 Å². The molecule has 0 bridgehead atoms. The zero-order valence-electron chi connectivity index (χ0n) is 17.3. The summed E-state index contributed by atoms with van der Waals surface area (Å²) < 4.78 is 4.33. The maximum Gasteiger partial charge on any atom is 0.139 e. The van der Waals surface area contributed by atoms with Crippen molar-refractivity contribution in [3.05, 3.63) is 42.2 Å². The van der Waals surface area contributed by atoms with Crippen molar-refractivity contribution in [2.24, 2.45) is 7.05 Å². The number of piperidine rings is 1. The van der Waals surface area contributed by atoms with Crippen LogP contribution in [0.1, 0.15) is 36.7 Å². The lowest BCUT2D eigenvalue weighted by molar-refractivity contribution is 0.190. The first kappa shape index (κ1) is 18.8. The predicted octanol–water partition coefficient (Wildman–Crippen LogP) is 2.98. The second-order valence-corrected chi connectivity index (χ2v) is 8.13. The Hall–Kier alpha value is -3.18. The van der Waals surface area contributed by atoms with Gasteiger partial charge in [-0.15, -0.1) is 0 Å². The summed E-state index contributed by atoms with van der Waals surface area (Å²) in [5.74, 6) is 1.12. The van der Waals surface area contributed by atoms with Gasteiger partial charge < -0.3 is 14.5 Å². The second kappa shape index (κ2) is 7.92. The number of rotatable bonds is 6. The zero-order chi connectivity index (χ0) is 20.5. The lowest BCUT2D eigenvalue weighted by atomic mass is 10.0. The topological polar surface area (TPSA) is 91.4 Å². The lowest BCUT2D eigenvalue weighted by Crippen LogP contribution is -2.35. The van der Waals surface area contributed by atoms with Crippen molar-refractivity contribution in [3.8, 4) is 6.07 Å². The molecule has 1 aliphatic rings. The third kappa shape index (κ3) is 3.46. The van der Waals surface area contributed by atoms with Gasteiger partial charge in [-0.2, -0.15) is 10.4 Å². The van der Waals surface area contributed by atoms with Crippen LogP contribution in [0, 0.1) is 11.3 Å². The molecule has 0 spiro atoms. The number of imidazole rings is 1. The Morgan fingerprint density at radius 2 is 2.10 bits per heavy atom. The average Bonchev–Trinajstić information content (AvgIpc) is 3.48. The summed E-state index contributed by atoms with van der Waals surface area (Å²) in [4.78, 5) is 15.2. The second-order valence-electron chi connectivity index (χ2n) is 8.13. The van der Waals surface area contributed by atoms with Crippen LogP contribution >= 0.6 is 0 Å². The number of hydrogen-bond acceptors (Lipinski definition) is 5. The zero-order valence-corrected chi connectivity index (χ0v) is 17.3. The highest BCUT2D eigenvalue weighted by atomic mass is 15.2. The first-order valence-corrected chi connectivity index (χ1v) is 10.6. The highest BCUT2D eigenvalue weighted by Crippen LogP contribution is 2.32. The van der Waals surface area contributed by atoms with Gasteiger partial charge in [0.1, 0.15) is 17.0 Å². The molecule has 0 unspecified atom stereocenters. The van der Waals surface area contributed by atoms with Crippen molar-refractivity contribution < 1.29 is 0 Å². The third-order valence-corrected chi connectivity index (χ3v) is 6.17. The summed E-state index contributed by atoms with van der Waals surface area (Å²) in [6.45, 7) is 2.92. The standard InChI is InChI=1S/C22H26N8/c1-28-15-16(13-26-28)3-4-20-27-19-14-25-22-18(5-9-24-22)21(19)30(20)17-6-11-29(12-7-17)10-2-8-23/h5,9,13-15,17H,2-4,6-7,10-12H2,1H3,(H,24,25). The maximum absolute atomic E-state index is 8.88. The van der Waals surface area contributed by atoms with Gasteiger partial charge in [-0.3, -0.25) is 4.68 Å². The minimum Gasteiger partial charge on any atom is -0.346 e. The molecule has 30 heavy (non-hydrogen) atoms. The van der Waals surface area contributed by atoms with Gasteiger partial charge in [0.25, 0.3) is 0 Å². The summed E-state index contributed by atoms with van der Waals surface area (Å²) in [6, 6.07) is 4.79. The molecule has 0 atom stereocenters. The van der Waals surface area contributed by atoms with Gasteiger partial charge in [0.05, 0.1) is 24.0 Å². The fraction of sp³-hybridized carbons (Fsp3) is 0.455. The van der Waals surface area contributed by atoms with Crippen molar-refractivity contribution in [3.63, 3.8) is 0 Å². The highest BCUT2D eigenvalue weighted by Gasteiger charge is 2.25. The molecule has 0 radical (unpaired) electrons. The van der Waals surface area contributed by atoms with E-state index in [1.165, 1.54) is 11.1 Å². The SMILES string of the molecule is Cn1cc(CCc2nc3cnc4[nH]ccc4c3n2C2CCN(CCC#N)CC2)cn1. The largest absolute Gasteiger partial charge is 0.346 e. The average molecular weight is 403 g/mol. The molecule has 5 heterocycles. The van der Waals surface area contributed by atoms with Crippen LogP contribution in [0.5, 0.6) is 0 Å². The van der Waals surface area contributed by atoms with E-state index in [1.54, 1.807) is 0 Å². The molecule has 1 N–H and O–H groups in total. The fourth-order valence-electron chi connectivity index (χ4n) is 4.68. The van der Waals surface area contributed by atoms with Crippen LogP contribution < -0.4 is 0 Å². The minimum atomic E-state index is 0.415. The molecule has 0 saturated carbocycles. The van der Waals surface area contributed by atoms with Crippen molar-refractivity contribution in [1.29, 1.82) is 5.26 Å². The number of aromatic nitrogens is 6. The number of H-pyrrole nitrogens is 1. The normalized spacial score (nSPS) is 15.9. The molecule has 0 amide bonds. The Morgan fingerprint density at radius 1 is 1.23 bits per heavy atom. The summed E-state index contributed by atoms with van der Waals surface area (Å²) in [5, 5.41) is 14.3. The number of aromatic amines is 1. The summed E-state index contributed by atoms with van der Waals surface area (Å²) in [5.41, 5.74) is 4.30. The molecule has 0 aromatic carbocycles. The van der Waals surface area contributed by atoms with Crippen LogP contribution in [-0.4, -0.2) is 53.8 Å². The van der Waals surface area contributed by atoms with Gasteiger partial charge >= 0.3 is 0 Å². The van der Waals surface area contributed by atoms with Crippen LogP contribution in [0.25, 0.3) is 22.1 Å². The van der Waals surface area contributed by atoms with E-state index in [0.29, 0.717) is 12.5 Å². The Balaban J connectivity index is 1.49. The van der Waals surface area contributed by atoms with E-state index in [9.17, 15) is 0 Å². The van der Waals surface area contributed by atoms with Gasteiger partial charge in [-0.05, 0) is 30.9 Å². The van der Waals surface area contributed by atoms with Gasteiger partial charge in [0.15, 0.2) is 0 Å². The maximum atomic E-state index is 8.88. The minimum absolute atomic E-state index is 0.415. The predicted molar refractivity (Wildman–Crippen MR) is 115 cm³/mol. The smallest absolute Gasteiger partial charge is 0.139 e. The van der Waals surface area contributed by atoms with Gasteiger partial charge in [-0.25, -0.2) is 9.97 Å². The number of aryl methyl sites for hydroxylation is 3. The van der Waals surface area contributed by atoms with E-state index in [1.807, 2.05) is 30.3 Å². The van der Waals surface area contributed by atoms with E-state index < -0.39 is 0 Å². The van der Waals surface area contributed by atoms with Crippen LogP contribution in [0.4, 0.5) is 0 Å². The van der Waals surface area contributed by atoms with Crippen molar-refractivity contribution >= 4 is 22.1 Å². The van der Waals surface area contributed by atoms with Gasteiger partial charge in [0, 0.05) is 63.3 Å². The Labute approximate surface area is 175 Å². The van der Waals surface area contributed by atoms with Crippen molar-refractivity contribution in [2.75, 3.05) is 19.6 Å². The molecule has 1 saturated heterocycles. The van der Waals surface area contributed by atoms with Crippen molar-refractivity contribution in [2.45, 2.75) is 38.1 Å². The Morgan fingerprint density at radius 3 is 2.87 bits per heavy atom. The van der Waals surface area contributed by atoms with E-state index in [-0.39, 0.29) is 0 Å². The molecular formula is C22H26N8. The van der Waals surface area contributed by atoms with Crippen molar-refractivity contribution in [1.82, 2.24) is 34.2 Å². The highest BCUT2D eigenvalue weighted by molar-refractivity contribution is 6.01. The summed E-state index contributed by atoms with van der Waals surface area (Å²) in [7, 11) is 1.95. The Bertz CT molecular complexity index is 1200. The molecular weight excluding hydrogens is 376 g/mol. The first-order valence-electron chi connectivity index (χ1n) is 10.6. The number of hydrogen-bond donors (Lipinski definition) is 1. The summed E-state index contributed by atoms with van der Waals surface area (Å²) in [6.07, 6.45) is 12.4. The quantitative estimate of drug-likeness (QED) is 0.535. The van der Waals surface area contributed by atoms with E-state index >= 15 is 0 Å². The van der Waals surface area contributed by atoms with Gasteiger partial charge in [-0.1, -0.05) is 0 Å². The molecule has 1 aliphatic heterocycles. The molecule has 4 aromatic heterocycles. The number of likely N-dealkylation sites (tertiary alicyclic amines) is 1. The number of nitrogens with zero attached hydrogens (tertiary/aromatic N) is 7. The number of fused-ring (bicyclic) bond motifs is 3. The van der Waals surface area contributed by atoms with E-state index in [2.05, 4.69) is 42.9 Å². The van der Waals surface area contributed by atoms with E-state index in [4.69, 9.17) is 10.2 Å². The molecule has 8 heteroatoms. The first-order chi connectivity index (χ1) is 14.7. The number of nitrogens with one attached hydrogen (secondary N) is 1. The Kier molecular flexibility index (Phi) is 4.97. The number of pyridine rings is 1. The van der Waals surface area contributed by atoms with Crippen LogP contribution in [0.15, 0.2) is 30.9 Å². The van der Waals surface area contributed by atoms with Crippen LogP contribution in [0.3, 0.4) is 0 Å². The monoisotopic (exact) mass is 402 g/mol. The summed E-state index contributed by atoms with van der Waals surface area (Å²) >= 11 is 0. The molecule has 5 rings (SSSR count). The molecule has 0 aliphatic carbocycles. The fourth-order valence-corrected chi connectivity index (χ4v) is 4.68. The molecule has 4 aromatic rings. The van der Waals surface area contributed by atoms with Crippen LogP contribution in [-0.2, 0) is 19.9 Å².